The lowest BCUT2D eigenvalue weighted by Gasteiger charge is -2.24. The molecule has 68 heavy (non-hydrogen) atoms. The Hall–Kier alpha value is -1.66. The molecule has 0 radical (unpaired) electrons. The predicted molar refractivity (Wildman–Crippen MR) is 296 cm³/mol. The van der Waals surface area contributed by atoms with E-state index in [1.807, 2.05) is 0 Å². The molecule has 3 atom stereocenters. The van der Waals surface area contributed by atoms with Crippen LogP contribution in [0.25, 0.3) is 0 Å². The largest absolute Gasteiger partial charge is 0.462 e. The molecule has 6 nitrogen and oxygen atoms in total. The molecule has 0 aliphatic rings. The number of amides is 1. The first-order valence-electron chi connectivity index (χ1n) is 30.6. The third-order valence-corrected chi connectivity index (χ3v) is 14.3. The minimum atomic E-state index is -0.787. The molecule has 402 valence electrons. The van der Waals surface area contributed by atoms with Crippen molar-refractivity contribution >= 4 is 11.9 Å². The number of carbonyl (C=O) groups is 2. The number of esters is 1. The molecule has 0 saturated carbocycles. The van der Waals surface area contributed by atoms with Crippen LogP contribution in [-0.4, -0.2) is 46.9 Å². The van der Waals surface area contributed by atoms with E-state index in [4.69, 9.17) is 4.74 Å². The topological polar surface area (TPSA) is 95.9 Å². The second-order valence-electron chi connectivity index (χ2n) is 21.1. The lowest BCUT2D eigenvalue weighted by atomic mass is 10.0. The zero-order chi connectivity index (χ0) is 49.5. The summed E-state index contributed by atoms with van der Waals surface area (Å²) in [4.78, 5) is 26.3. The summed E-state index contributed by atoms with van der Waals surface area (Å²) in [7, 11) is 0. The number of hydrogen-bond donors (Lipinski definition) is 3. The summed E-state index contributed by atoms with van der Waals surface area (Å²) in [5, 5.41) is 24.0. The fourth-order valence-corrected chi connectivity index (χ4v) is 9.66. The van der Waals surface area contributed by atoms with Gasteiger partial charge >= 0.3 is 5.97 Å². The van der Waals surface area contributed by atoms with Gasteiger partial charge in [0.05, 0.1) is 25.2 Å². The fourth-order valence-electron chi connectivity index (χ4n) is 9.66. The Kier molecular flexibility index (Phi) is 54.9. The van der Waals surface area contributed by atoms with Crippen molar-refractivity contribution in [3.63, 3.8) is 0 Å². The Balaban J connectivity index is 4.51. The van der Waals surface area contributed by atoms with Crippen molar-refractivity contribution in [1.82, 2.24) is 5.32 Å². The molecule has 0 bridgehead atoms. The highest BCUT2D eigenvalue weighted by Gasteiger charge is 2.24. The van der Waals surface area contributed by atoms with Gasteiger partial charge in [-0.3, -0.25) is 9.59 Å². The predicted octanol–water partition coefficient (Wildman–Crippen LogP) is 19.0. The fraction of sp³-hybridized carbons (Fsp3) is 0.903. The summed E-state index contributed by atoms with van der Waals surface area (Å²) in [5.41, 5.74) is 0. The van der Waals surface area contributed by atoms with Crippen LogP contribution < -0.4 is 5.32 Å². The van der Waals surface area contributed by atoms with Crippen molar-refractivity contribution in [1.29, 1.82) is 0 Å². The van der Waals surface area contributed by atoms with Crippen LogP contribution in [0.15, 0.2) is 24.3 Å². The van der Waals surface area contributed by atoms with Gasteiger partial charge in [-0.2, -0.15) is 0 Å². The van der Waals surface area contributed by atoms with Crippen molar-refractivity contribution in [3.8, 4) is 0 Å². The van der Waals surface area contributed by atoms with Gasteiger partial charge in [0.15, 0.2) is 0 Å². The molecule has 0 heterocycles. The van der Waals surface area contributed by atoms with E-state index in [1.54, 1.807) is 0 Å². The molecule has 3 unspecified atom stereocenters. The highest BCUT2D eigenvalue weighted by molar-refractivity contribution is 5.77. The number of unbranched alkanes of at least 4 members (excludes halogenated alkanes) is 41. The summed E-state index contributed by atoms with van der Waals surface area (Å²) in [6, 6.07) is -0.701. The van der Waals surface area contributed by atoms with E-state index in [-0.39, 0.29) is 24.9 Å². The standard InChI is InChI=1S/C62H119NO5/c1-4-7-10-13-16-19-22-25-28-30-33-35-38-41-44-47-50-53-58(68-62(67)55-52-49-46-43-40-37-32-27-24-21-18-15-12-9-6-3)56-61(66)63-59(57-64)60(65)54-51-48-45-42-39-36-34-31-29-26-23-20-17-14-11-8-5-2/h18,21,24,27,58-60,64-65H,4-17,19-20,22-23,25-26,28-57H2,1-3H3,(H,63,66)/b21-18+,27-24+. The van der Waals surface area contributed by atoms with Crippen LogP contribution in [0.4, 0.5) is 0 Å². The minimum absolute atomic E-state index is 0.0794. The van der Waals surface area contributed by atoms with Gasteiger partial charge in [0, 0.05) is 6.42 Å². The summed E-state index contributed by atoms with van der Waals surface area (Å²) in [6.45, 7) is 6.51. The van der Waals surface area contributed by atoms with E-state index in [2.05, 4.69) is 50.4 Å². The molecule has 0 aliphatic heterocycles. The van der Waals surface area contributed by atoms with Crippen LogP contribution in [0, 0.1) is 0 Å². The second-order valence-corrected chi connectivity index (χ2v) is 21.1. The molecule has 0 spiro atoms. The third-order valence-electron chi connectivity index (χ3n) is 14.3. The average molecular weight is 959 g/mol. The molecule has 0 saturated heterocycles. The van der Waals surface area contributed by atoms with Crippen molar-refractivity contribution in [3.05, 3.63) is 24.3 Å². The van der Waals surface area contributed by atoms with Gasteiger partial charge in [-0.15, -0.1) is 0 Å². The Labute approximate surface area is 424 Å². The number of rotatable bonds is 56. The summed E-state index contributed by atoms with van der Waals surface area (Å²) in [5.74, 6) is -0.465. The molecule has 0 aromatic rings. The molecule has 0 aromatic heterocycles. The normalized spacial score (nSPS) is 13.2. The molecular formula is C62H119NO5. The van der Waals surface area contributed by atoms with Gasteiger partial charge < -0.3 is 20.3 Å². The first kappa shape index (κ1) is 66.3. The van der Waals surface area contributed by atoms with Crippen molar-refractivity contribution in [2.24, 2.45) is 0 Å². The summed E-state index contributed by atoms with van der Waals surface area (Å²) >= 11 is 0. The highest BCUT2D eigenvalue weighted by atomic mass is 16.5. The van der Waals surface area contributed by atoms with E-state index in [0.717, 1.165) is 51.4 Å². The van der Waals surface area contributed by atoms with Crippen LogP contribution in [0.5, 0.6) is 0 Å². The first-order chi connectivity index (χ1) is 33.5. The minimum Gasteiger partial charge on any atom is -0.462 e. The molecule has 0 aliphatic carbocycles. The van der Waals surface area contributed by atoms with E-state index in [1.165, 1.54) is 238 Å². The van der Waals surface area contributed by atoms with Crippen LogP contribution >= 0.6 is 0 Å². The number of nitrogens with one attached hydrogen (secondary N) is 1. The van der Waals surface area contributed by atoms with Crippen LogP contribution in [-0.2, 0) is 14.3 Å². The smallest absolute Gasteiger partial charge is 0.306 e. The Bertz CT molecular complexity index is 1080. The highest BCUT2D eigenvalue weighted by Crippen LogP contribution is 2.19. The summed E-state index contributed by atoms with van der Waals surface area (Å²) < 4.78 is 5.97. The van der Waals surface area contributed by atoms with Crippen LogP contribution in [0.1, 0.15) is 335 Å². The van der Waals surface area contributed by atoms with Gasteiger partial charge in [0.2, 0.25) is 5.91 Å². The van der Waals surface area contributed by atoms with Crippen LogP contribution in [0.2, 0.25) is 0 Å². The third kappa shape index (κ3) is 50.7. The zero-order valence-electron chi connectivity index (χ0n) is 46.0. The maximum absolute atomic E-state index is 13.3. The molecular weight excluding hydrogens is 839 g/mol. The van der Waals surface area contributed by atoms with Crippen molar-refractivity contribution in [2.75, 3.05) is 6.61 Å². The van der Waals surface area contributed by atoms with Crippen LogP contribution in [0.3, 0.4) is 0 Å². The number of carbonyl (C=O) groups excluding carboxylic acids is 2. The number of aliphatic hydroxyl groups is 2. The van der Waals surface area contributed by atoms with Gasteiger partial charge in [0.1, 0.15) is 6.10 Å². The van der Waals surface area contributed by atoms with Gasteiger partial charge in [0.25, 0.3) is 0 Å². The number of ether oxygens (including phenoxy) is 1. The number of aliphatic hydroxyl groups excluding tert-OH is 2. The molecule has 0 fully saturated rings. The quantitative estimate of drug-likeness (QED) is 0.0321. The van der Waals surface area contributed by atoms with E-state index in [0.29, 0.717) is 19.3 Å². The molecule has 0 rings (SSSR count). The Morgan fingerprint density at radius 2 is 0.735 bits per heavy atom. The van der Waals surface area contributed by atoms with Crippen molar-refractivity contribution in [2.45, 2.75) is 354 Å². The average Bonchev–Trinajstić information content (AvgIpc) is 3.33. The van der Waals surface area contributed by atoms with Gasteiger partial charge in [-0.05, 0) is 51.4 Å². The SMILES string of the molecule is CCCCC/C=C/C=C/CCCCCCCCC(=O)OC(CCCCCCCCCCCCCCCCCCC)CC(=O)NC(CO)C(O)CCCCCCCCCCCCCCCCCCC. The lowest BCUT2D eigenvalue weighted by molar-refractivity contribution is -0.151. The Morgan fingerprint density at radius 3 is 1.12 bits per heavy atom. The van der Waals surface area contributed by atoms with Crippen molar-refractivity contribution < 1.29 is 24.5 Å². The monoisotopic (exact) mass is 958 g/mol. The van der Waals surface area contributed by atoms with E-state index < -0.39 is 18.2 Å². The maximum atomic E-state index is 13.3. The van der Waals surface area contributed by atoms with Gasteiger partial charge in [-0.25, -0.2) is 0 Å². The number of hydrogen-bond acceptors (Lipinski definition) is 5. The summed E-state index contributed by atoms with van der Waals surface area (Å²) in [6.07, 6.45) is 66.7. The maximum Gasteiger partial charge on any atom is 0.306 e. The molecule has 0 aromatic carbocycles. The van der Waals surface area contributed by atoms with E-state index >= 15 is 0 Å². The van der Waals surface area contributed by atoms with Gasteiger partial charge in [-0.1, -0.05) is 295 Å². The molecule has 1 amide bonds. The molecule has 3 N–H and O–H groups in total. The van der Waals surface area contributed by atoms with E-state index in [9.17, 15) is 19.8 Å². The first-order valence-corrected chi connectivity index (χ1v) is 30.6. The number of allylic oxidation sites excluding steroid dienone is 4. The zero-order valence-corrected chi connectivity index (χ0v) is 46.0. The Morgan fingerprint density at radius 1 is 0.426 bits per heavy atom. The molecule has 6 heteroatoms. The second kappa shape index (κ2) is 56.3. The lowest BCUT2D eigenvalue weighted by Crippen LogP contribution is -2.46.